The summed E-state index contributed by atoms with van der Waals surface area (Å²) >= 11 is 0. The second kappa shape index (κ2) is 9.53. The van der Waals surface area contributed by atoms with E-state index in [0.717, 1.165) is 28.9 Å². The van der Waals surface area contributed by atoms with Gasteiger partial charge in [-0.1, -0.05) is 32.9 Å². The van der Waals surface area contributed by atoms with E-state index in [-0.39, 0.29) is 24.5 Å². The van der Waals surface area contributed by atoms with E-state index in [1.54, 1.807) is 4.52 Å². The second-order valence-electron chi connectivity index (χ2n) is 7.52. The first kappa shape index (κ1) is 21.5. The third-order valence-corrected chi connectivity index (χ3v) is 4.79. The molecule has 9 nitrogen and oxygen atoms in total. The van der Waals surface area contributed by atoms with E-state index in [4.69, 9.17) is 0 Å². The Labute approximate surface area is 175 Å². The molecule has 2 aromatic heterocycles. The number of benzene rings is 1. The van der Waals surface area contributed by atoms with Crippen LogP contribution in [0.25, 0.3) is 5.65 Å². The number of fused-ring (bicyclic) bond motifs is 1. The standard InChI is InChI=1S/C21H29N7O2/c1-5-16(12-29)25-20-26-19-18(13(2)3)11-23-28(19)21(27-20)22-10-15-6-8-17(9-7-15)24-14(4)30/h6-9,11,13,16,29H,5,10,12H2,1-4H3,(H,24,30)(H2,22,25,26,27). The number of nitrogens with zero attached hydrogens (tertiary/aromatic N) is 4. The predicted octanol–water partition coefficient (Wildman–Crippen LogP) is 3.00. The Morgan fingerprint density at radius 1 is 1.20 bits per heavy atom. The molecule has 0 spiro atoms. The quantitative estimate of drug-likeness (QED) is 0.428. The lowest BCUT2D eigenvalue weighted by Gasteiger charge is -2.16. The van der Waals surface area contributed by atoms with Crippen LogP contribution < -0.4 is 16.0 Å². The summed E-state index contributed by atoms with van der Waals surface area (Å²) in [6.07, 6.45) is 2.57. The SMILES string of the molecule is CCC(CO)Nc1nc(NCc2ccc(NC(C)=O)cc2)n2ncc(C(C)C)c2n1. The molecular formula is C21H29N7O2. The van der Waals surface area contributed by atoms with E-state index >= 15 is 0 Å². The van der Waals surface area contributed by atoms with Crippen LogP contribution in [0.5, 0.6) is 0 Å². The first-order valence-corrected chi connectivity index (χ1v) is 10.1. The summed E-state index contributed by atoms with van der Waals surface area (Å²) in [5, 5.41) is 23.3. The largest absolute Gasteiger partial charge is 0.394 e. The Balaban J connectivity index is 1.86. The predicted molar refractivity (Wildman–Crippen MR) is 118 cm³/mol. The van der Waals surface area contributed by atoms with Gasteiger partial charge in [-0.05, 0) is 30.0 Å². The molecule has 0 radical (unpaired) electrons. The maximum Gasteiger partial charge on any atom is 0.229 e. The van der Waals surface area contributed by atoms with Crippen molar-refractivity contribution in [3.8, 4) is 0 Å². The number of amides is 1. The zero-order chi connectivity index (χ0) is 21.7. The van der Waals surface area contributed by atoms with Crippen molar-refractivity contribution in [2.24, 2.45) is 0 Å². The van der Waals surface area contributed by atoms with Gasteiger partial charge in [-0.3, -0.25) is 4.79 Å². The Hall–Kier alpha value is -3.20. The van der Waals surface area contributed by atoms with Crippen LogP contribution in [-0.2, 0) is 11.3 Å². The van der Waals surface area contributed by atoms with Crippen molar-refractivity contribution in [2.45, 2.75) is 52.6 Å². The van der Waals surface area contributed by atoms with Gasteiger partial charge in [-0.2, -0.15) is 19.6 Å². The molecule has 1 aromatic carbocycles. The van der Waals surface area contributed by atoms with Crippen molar-refractivity contribution < 1.29 is 9.90 Å². The van der Waals surface area contributed by atoms with Crippen LogP contribution in [0.2, 0.25) is 0 Å². The number of anilines is 3. The molecule has 2 heterocycles. The molecule has 1 atom stereocenters. The van der Waals surface area contributed by atoms with Crippen molar-refractivity contribution >= 4 is 29.1 Å². The molecule has 0 aliphatic carbocycles. The molecule has 3 aromatic rings. The monoisotopic (exact) mass is 411 g/mol. The highest BCUT2D eigenvalue weighted by Gasteiger charge is 2.16. The normalized spacial score (nSPS) is 12.2. The zero-order valence-corrected chi connectivity index (χ0v) is 17.8. The average molecular weight is 412 g/mol. The average Bonchev–Trinajstić information content (AvgIpc) is 3.15. The van der Waals surface area contributed by atoms with Gasteiger partial charge in [-0.15, -0.1) is 0 Å². The lowest BCUT2D eigenvalue weighted by atomic mass is 10.1. The van der Waals surface area contributed by atoms with Crippen LogP contribution in [0.15, 0.2) is 30.5 Å². The molecule has 0 saturated carbocycles. The summed E-state index contributed by atoms with van der Waals surface area (Å²) in [5.74, 6) is 1.18. The molecule has 0 aliphatic rings. The molecule has 9 heteroatoms. The van der Waals surface area contributed by atoms with Gasteiger partial charge in [-0.25, -0.2) is 0 Å². The number of nitrogens with one attached hydrogen (secondary N) is 3. The lowest BCUT2D eigenvalue weighted by Crippen LogP contribution is -2.24. The summed E-state index contributed by atoms with van der Waals surface area (Å²) in [6.45, 7) is 8.20. The molecule has 1 amide bonds. The topological polar surface area (TPSA) is 116 Å². The fourth-order valence-corrected chi connectivity index (χ4v) is 3.03. The van der Waals surface area contributed by atoms with E-state index < -0.39 is 0 Å². The molecule has 0 bridgehead atoms. The van der Waals surface area contributed by atoms with Gasteiger partial charge < -0.3 is 21.1 Å². The van der Waals surface area contributed by atoms with Gasteiger partial charge in [0, 0.05) is 24.7 Å². The molecule has 0 aliphatic heterocycles. The van der Waals surface area contributed by atoms with E-state index in [0.29, 0.717) is 18.4 Å². The first-order valence-electron chi connectivity index (χ1n) is 10.1. The Kier molecular flexibility index (Phi) is 6.83. The minimum Gasteiger partial charge on any atom is -0.394 e. The van der Waals surface area contributed by atoms with Gasteiger partial charge >= 0.3 is 0 Å². The molecule has 0 fully saturated rings. The number of aromatic nitrogens is 4. The van der Waals surface area contributed by atoms with Crippen LogP contribution in [0.4, 0.5) is 17.6 Å². The van der Waals surface area contributed by atoms with E-state index in [9.17, 15) is 9.90 Å². The highest BCUT2D eigenvalue weighted by molar-refractivity contribution is 5.88. The summed E-state index contributed by atoms with van der Waals surface area (Å²) in [6, 6.07) is 7.49. The van der Waals surface area contributed by atoms with Crippen LogP contribution in [-0.4, -0.2) is 43.2 Å². The third kappa shape index (κ3) is 5.04. The van der Waals surface area contributed by atoms with Crippen molar-refractivity contribution in [1.29, 1.82) is 0 Å². The van der Waals surface area contributed by atoms with Gasteiger partial charge in [0.25, 0.3) is 0 Å². The highest BCUT2D eigenvalue weighted by Crippen LogP contribution is 2.23. The maximum absolute atomic E-state index is 11.2. The summed E-state index contributed by atoms with van der Waals surface area (Å²) in [4.78, 5) is 20.4. The van der Waals surface area contributed by atoms with Crippen molar-refractivity contribution in [3.05, 3.63) is 41.6 Å². The van der Waals surface area contributed by atoms with E-state index in [2.05, 4.69) is 44.9 Å². The molecule has 4 N–H and O–H groups in total. The van der Waals surface area contributed by atoms with Crippen molar-refractivity contribution in [3.63, 3.8) is 0 Å². The van der Waals surface area contributed by atoms with E-state index in [1.165, 1.54) is 6.92 Å². The van der Waals surface area contributed by atoms with Gasteiger partial charge in [0.05, 0.1) is 18.8 Å². The number of rotatable bonds is 9. The summed E-state index contributed by atoms with van der Waals surface area (Å²) in [7, 11) is 0. The Bertz CT molecular complexity index is 995. The summed E-state index contributed by atoms with van der Waals surface area (Å²) in [5.41, 5.74) is 3.55. The lowest BCUT2D eigenvalue weighted by molar-refractivity contribution is -0.114. The van der Waals surface area contributed by atoms with Crippen molar-refractivity contribution in [1.82, 2.24) is 19.6 Å². The molecule has 3 rings (SSSR count). The minimum absolute atomic E-state index is 0.00471. The van der Waals surface area contributed by atoms with Crippen LogP contribution in [0, 0.1) is 0 Å². The van der Waals surface area contributed by atoms with Crippen LogP contribution in [0.1, 0.15) is 51.2 Å². The highest BCUT2D eigenvalue weighted by atomic mass is 16.3. The van der Waals surface area contributed by atoms with Crippen molar-refractivity contribution in [2.75, 3.05) is 22.6 Å². The number of aliphatic hydroxyl groups is 1. The molecule has 160 valence electrons. The van der Waals surface area contributed by atoms with Gasteiger partial charge in [0.1, 0.15) is 0 Å². The first-order chi connectivity index (χ1) is 14.4. The number of carbonyl (C=O) groups excluding carboxylic acids is 1. The van der Waals surface area contributed by atoms with E-state index in [1.807, 2.05) is 37.4 Å². The molecule has 1 unspecified atom stereocenters. The maximum atomic E-state index is 11.2. The van der Waals surface area contributed by atoms with Gasteiger partial charge in [0.2, 0.25) is 17.8 Å². The fraction of sp³-hybridized carbons (Fsp3) is 0.429. The number of aliphatic hydroxyl groups excluding tert-OH is 1. The second-order valence-corrected chi connectivity index (χ2v) is 7.52. The number of hydrogen-bond acceptors (Lipinski definition) is 7. The summed E-state index contributed by atoms with van der Waals surface area (Å²) < 4.78 is 1.70. The molecule has 30 heavy (non-hydrogen) atoms. The Morgan fingerprint density at radius 2 is 1.93 bits per heavy atom. The fourth-order valence-electron chi connectivity index (χ4n) is 3.03. The van der Waals surface area contributed by atoms with Crippen LogP contribution in [0.3, 0.4) is 0 Å². The smallest absolute Gasteiger partial charge is 0.229 e. The molecular weight excluding hydrogens is 382 g/mol. The van der Waals surface area contributed by atoms with Gasteiger partial charge in [0.15, 0.2) is 5.65 Å². The third-order valence-electron chi connectivity index (χ3n) is 4.79. The number of carbonyl (C=O) groups is 1. The minimum atomic E-state index is -0.118. The van der Waals surface area contributed by atoms with Crippen LogP contribution >= 0.6 is 0 Å². The molecule has 0 saturated heterocycles. The Morgan fingerprint density at radius 3 is 2.53 bits per heavy atom. The number of hydrogen-bond donors (Lipinski definition) is 4. The zero-order valence-electron chi connectivity index (χ0n) is 17.8.